The van der Waals surface area contributed by atoms with E-state index in [2.05, 4.69) is 5.32 Å². The molecule has 0 unspecified atom stereocenters. The SMILES string of the molecule is O=C(NC1CCCCCCCCCCC1)C1CN(S(=O)(=O)C2CC2)C1. The van der Waals surface area contributed by atoms with Gasteiger partial charge in [-0.1, -0.05) is 57.8 Å². The number of sulfonamides is 1. The molecule has 144 valence electrons. The minimum absolute atomic E-state index is 0.0688. The third-order valence-electron chi connectivity index (χ3n) is 5.98. The van der Waals surface area contributed by atoms with Gasteiger partial charge < -0.3 is 5.32 Å². The third kappa shape index (κ3) is 5.43. The Morgan fingerprint density at radius 3 is 1.72 bits per heavy atom. The zero-order valence-electron chi connectivity index (χ0n) is 15.4. The molecule has 2 aliphatic carbocycles. The number of carbonyl (C=O) groups excluding carboxylic acids is 1. The fourth-order valence-corrected chi connectivity index (χ4v) is 5.94. The highest BCUT2D eigenvalue weighted by Gasteiger charge is 2.47. The van der Waals surface area contributed by atoms with Crippen LogP contribution in [0.1, 0.15) is 83.5 Å². The summed E-state index contributed by atoms with van der Waals surface area (Å²) in [7, 11) is -3.10. The van der Waals surface area contributed by atoms with Crippen LogP contribution in [-0.4, -0.2) is 43.0 Å². The van der Waals surface area contributed by atoms with Gasteiger partial charge in [0.2, 0.25) is 15.9 Å². The second kappa shape index (κ2) is 8.85. The van der Waals surface area contributed by atoms with E-state index in [9.17, 15) is 13.2 Å². The zero-order valence-corrected chi connectivity index (χ0v) is 16.2. The molecule has 0 aromatic carbocycles. The first-order valence-corrected chi connectivity index (χ1v) is 11.9. The number of nitrogens with zero attached hydrogens (tertiary/aromatic N) is 1. The minimum atomic E-state index is -3.10. The number of nitrogens with one attached hydrogen (secondary N) is 1. The molecule has 0 aromatic rings. The molecule has 0 spiro atoms. The first-order valence-electron chi connectivity index (χ1n) is 10.4. The maximum Gasteiger partial charge on any atom is 0.225 e. The molecule has 2 saturated carbocycles. The van der Waals surface area contributed by atoms with Gasteiger partial charge in [-0.25, -0.2) is 8.42 Å². The maximum atomic E-state index is 12.5. The summed E-state index contributed by atoms with van der Waals surface area (Å²) in [5.41, 5.74) is 0. The summed E-state index contributed by atoms with van der Waals surface area (Å²) in [6.07, 6.45) is 15.4. The number of hydrogen-bond acceptors (Lipinski definition) is 3. The van der Waals surface area contributed by atoms with Crippen LogP contribution in [0.25, 0.3) is 0 Å². The fourth-order valence-electron chi connectivity index (χ4n) is 4.02. The molecule has 0 aromatic heterocycles. The molecule has 5 nitrogen and oxygen atoms in total. The topological polar surface area (TPSA) is 66.5 Å². The van der Waals surface area contributed by atoms with Gasteiger partial charge in [0.05, 0.1) is 11.2 Å². The van der Waals surface area contributed by atoms with Crippen LogP contribution in [0.4, 0.5) is 0 Å². The zero-order chi connectivity index (χ0) is 17.7. The van der Waals surface area contributed by atoms with Gasteiger partial charge in [-0.05, 0) is 25.7 Å². The quantitative estimate of drug-likeness (QED) is 0.826. The summed E-state index contributed by atoms with van der Waals surface area (Å²) in [5.74, 6) is -0.0748. The van der Waals surface area contributed by atoms with Gasteiger partial charge in [0.1, 0.15) is 0 Å². The molecular weight excluding hydrogens is 336 g/mol. The van der Waals surface area contributed by atoms with Crippen molar-refractivity contribution in [2.75, 3.05) is 13.1 Å². The Morgan fingerprint density at radius 1 is 0.760 bits per heavy atom. The average Bonchev–Trinajstić information content (AvgIpc) is 3.33. The van der Waals surface area contributed by atoms with Crippen molar-refractivity contribution in [3.63, 3.8) is 0 Å². The minimum Gasteiger partial charge on any atom is -0.353 e. The summed E-state index contributed by atoms with van der Waals surface area (Å²) < 4.78 is 25.8. The first-order chi connectivity index (χ1) is 12.1. The highest BCUT2D eigenvalue weighted by atomic mass is 32.2. The predicted octanol–water partition coefficient (Wildman–Crippen LogP) is 3.20. The van der Waals surface area contributed by atoms with Crippen molar-refractivity contribution in [1.29, 1.82) is 0 Å². The molecular formula is C19H34N2O3S. The standard InChI is InChI=1S/C19H34N2O3S/c22-19(16-14-21(15-16)25(23,24)18-12-13-18)20-17-10-8-6-4-2-1-3-5-7-9-11-17/h16-18H,1-15H2,(H,20,22). The van der Waals surface area contributed by atoms with Crippen molar-refractivity contribution in [1.82, 2.24) is 9.62 Å². The van der Waals surface area contributed by atoms with E-state index in [1.54, 1.807) is 0 Å². The van der Waals surface area contributed by atoms with E-state index in [-0.39, 0.29) is 23.1 Å². The van der Waals surface area contributed by atoms with Gasteiger partial charge in [0.25, 0.3) is 0 Å². The van der Waals surface area contributed by atoms with E-state index in [1.165, 1.54) is 62.1 Å². The van der Waals surface area contributed by atoms with E-state index in [4.69, 9.17) is 0 Å². The van der Waals surface area contributed by atoms with Crippen molar-refractivity contribution in [3.8, 4) is 0 Å². The monoisotopic (exact) mass is 370 g/mol. The Labute approximate surface area is 153 Å². The van der Waals surface area contributed by atoms with E-state index in [0.717, 1.165) is 25.7 Å². The van der Waals surface area contributed by atoms with Gasteiger partial charge >= 0.3 is 0 Å². The lowest BCUT2D eigenvalue weighted by Gasteiger charge is -2.38. The van der Waals surface area contributed by atoms with E-state index in [1.807, 2.05) is 0 Å². The molecule has 1 heterocycles. The molecule has 3 fully saturated rings. The van der Waals surface area contributed by atoms with Crippen molar-refractivity contribution in [2.45, 2.75) is 94.8 Å². The highest BCUT2D eigenvalue weighted by molar-refractivity contribution is 7.90. The van der Waals surface area contributed by atoms with Gasteiger partial charge in [-0.3, -0.25) is 4.79 Å². The van der Waals surface area contributed by atoms with Crippen LogP contribution >= 0.6 is 0 Å². The van der Waals surface area contributed by atoms with Crippen molar-refractivity contribution < 1.29 is 13.2 Å². The van der Waals surface area contributed by atoms with Gasteiger partial charge in [-0.2, -0.15) is 4.31 Å². The Bertz CT molecular complexity index is 527. The number of carbonyl (C=O) groups is 1. The van der Waals surface area contributed by atoms with Gasteiger partial charge in [0, 0.05) is 19.1 Å². The molecule has 25 heavy (non-hydrogen) atoms. The summed E-state index contributed by atoms with van der Waals surface area (Å²) >= 11 is 0. The molecule has 1 aliphatic heterocycles. The Balaban J connectivity index is 1.42. The first kappa shape index (κ1) is 19.2. The second-order valence-corrected chi connectivity index (χ2v) is 10.4. The highest BCUT2D eigenvalue weighted by Crippen LogP contribution is 2.34. The molecule has 1 saturated heterocycles. The van der Waals surface area contributed by atoms with Crippen LogP contribution in [0.2, 0.25) is 0 Å². The van der Waals surface area contributed by atoms with Crippen molar-refractivity contribution in [2.24, 2.45) is 5.92 Å². The summed E-state index contributed by atoms with van der Waals surface area (Å²) in [4.78, 5) is 12.5. The van der Waals surface area contributed by atoms with Crippen molar-refractivity contribution >= 4 is 15.9 Å². The second-order valence-electron chi connectivity index (χ2n) is 8.22. The van der Waals surface area contributed by atoms with E-state index < -0.39 is 10.0 Å². The average molecular weight is 371 g/mol. The van der Waals surface area contributed by atoms with Crippen LogP contribution in [0.3, 0.4) is 0 Å². The van der Waals surface area contributed by atoms with Crippen LogP contribution in [0.5, 0.6) is 0 Å². The summed E-state index contributed by atoms with van der Waals surface area (Å²) in [6, 6.07) is 0.279. The number of rotatable bonds is 4. The third-order valence-corrected chi connectivity index (χ3v) is 8.31. The van der Waals surface area contributed by atoms with E-state index >= 15 is 0 Å². The van der Waals surface area contributed by atoms with Crippen LogP contribution in [-0.2, 0) is 14.8 Å². The molecule has 3 aliphatic rings. The molecule has 3 rings (SSSR count). The fraction of sp³-hybridized carbons (Fsp3) is 0.947. The van der Waals surface area contributed by atoms with Crippen molar-refractivity contribution in [3.05, 3.63) is 0 Å². The molecule has 1 N–H and O–H groups in total. The number of amides is 1. The smallest absolute Gasteiger partial charge is 0.225 e. The summed E-state index contributed by atoms with van der Waals surface area (Å²) in [6.45, 7) is 0.773. The Morgan fingerprint density at radius 2 is 1.24 bits per heavy atom. The summed E-state index contributed by atoms with van der Waals surface area (Å²) in [5, 5.41) is 3.07. The van der Waals surface area contributed by atoms with Crippen LogP contribution in [0.15, 0.2) is 0 Å². The molecule has 0 bridgehead atoms. The van der Waals surface area contributed by atoms with Crippen LogP contribution < -0.4 is 5.32 Å². The molecule has 0 radical (unpaired) electrons. The lowest BCUT2D eigenvalue weighted by Crippen LogP contribution is -2.57. The predicted molar refractivity (Wildman–Crippen MR) is 99.7 cm³/mol. The van der Waals surface area contributed by atoms with Crippen LogP contribution in [0, 0.1) is 5.92 Å². The largest absolute Gasteiger partial charge is 0.353 e. The molecule has 1 amide bonds. The van der Waals surface area contributed by atoms with Gasteiger partial charge in [0.15, 0.2) is 0 Å². The maximum absolute atomic E-state index is 12.5. The molecule has 6 heteroatoms. The Hall–Kier alpha value is -0.620. The lowest BCUT2D eigenvalue weighted by atomic mass is 9.96. The number of hydrogen-bond donors (Lipinski definition) is 1. The Kier molecular flexibility index (Phi) is 6.78. The van der Waals surface area contributed by atoms with Gasteiger partial charge in [-0.15, -0.1) is 0 Å². The normalized spacial score (nSPS) is 26.2. The van der Waals surface area contributed by atoms with E-state index in [0.29, 0.717) is 13.1 Å². The lowest BCUT2D eigenvalue weighted by molar-refractivity contribution is -0.129. The molecule has 0 atom stereocenters.